The van der Waals surface area contributed by atoms with Gasteiger partial charge in [-0.15, -0.1) is 11.3 Å². The molecule has 0 saturated heterocycles. The summed E-state index contributed by atoms with van der Waals surface area (Å²) < 4.78 is 1.03. The number of thiophene rings is 1. The van der Waals surface area contributed by atoms with E-state index in [1.54, 1.807) is 17.4 Å². The van der Waals surface area contributed by atoms with E-state index in [0.717, 1.165) is 15.3 Å². The van der Waals surface area contributed by atoms with Gasteiger partial charge in [-0.2, -0.15) is 4.99 Å². The Morgan fingerprint density at radius 1 is 1.21 bits per heavy atom. The molecule has 1 amide bonds. The largest absolute Gasteiger partial charge is 0.370 e. The van der Waals surface area contributed by atoms with Gasteiger partial charge >= 0.3 is 0 Å². The number of nitrogens with two attached hydrogens (primary N) is 2. The van der Waals surface area contributed by atoms with Crippen LogP contribution < -0.4 is 21.2 Å². The van der Waals surface area contributed by atoms with Crippen LogP contribution in [0.3, 0.4) is 0 Å². The number of hydrogen-bond donors (Lipinski definition) is 2. The topological polar surface area (TPSA) is 98.5 Å². The van der Waals surface area contributed by atoms with Crippen LogP contribution in [0, 0.1) is 0 Å². The van der Waals surface area contributed by atoms with Crippen LogP contribution in [-0.4, -0.2) is 17.6 Å². The average molecular weight is 271 g/mol. The lowest BCUT2D eigenvalue weighted by Crippen LogP contribution is -2.25. The summed E-state index contributed by atoms with van der Waals surface area (Å²) >= 11 is 1.56. The van der Waals surface area contributed by atoms with Crippen molar-refractivity contribution in [1.82, 2.24) is 0 Å². The minimum Gasteiger partial charge on any atom is -0.370 e. The van der Waals surface area contributed by atoms with Crippen molar-refractivity contribution in [2.24, 2.45) is 16.5 Å². The fourth-order valence-electron chi connectivity index (χ4n) is 2.12. The van der Waals surface area contributed by atoms with Gasteiger partial charge in [0.1, 0.15) is 0 Å². The molecule has 0 radical (unpaired) electrons. The summed E-state index contributed by atoms with van der Waals surface area (Å²) in [6, 6.07) is 1.90. The number of carbonyl (C=O) groups is 2. The molecule has 5 nitrogen and oxygen atoms in total. The number of amides is 1. The fraction of sp³-hybridized carbons (Fsp3) is 0. The second-order valence-corrected chi connectivity index (χ2v) is 5.07. The van der Waals surface area contributed by atoms with E-state index in [9.17, 15) is 9.59 Å². The Morgan fingerprint density at radius 2 is 2.00 bits per heavy atom. The molecule has 2 aliphatic carbocycles. The third-order valence-electron chi connectivity index (χ3n) is 2.86. The molecule has 4 N–H and O–H groups in total. The van der Waals surface area contributed by atoms with Crippen LogP contribution in [0.25, 0.3) is 11.6 Å². The summed E-state index contributed by atoms with van der Waals surface area (Å²) in [6.45, 7) is 0. The third-order valence-corrected chi connectivity index (χ3v) is 3.73. The van der Waals surface area contributed by atoms with Gasteiger partial charge in [0.2, 0.25) is 0 Å². The predicted molar refractivity (Wildman–Crippen MR) is 73.4 cm³/mol. The monoisotopic (exact) mass is 271 g/mol. The molecule has 2 aliphatic rings. The minimum atomic E-state index is -0.608. The van der Waals surface area contributed by atoms with Crippen molar-refractivity contribution >= 4 is 40.6 Å². The van der Waals surface area contributed by atoms with E-state index in [0.29, 0.717) is 5.57 Å². The van der Waals surface area contributed by atoms with Crippen LogP contribution in [-0.2, 0) is 9.59 Å². The number of allylic oxidation sites excluding steroid dienone is 2. The molecular formula is C13H9N3O2S. The van der Waals surface area contributed by atoms with E-state index in [2.05, 4.69) is 4.99 Å². The van der Waals surface area contributed by atoms with E-state index in [1.807, 2.05) is 17.5 Å². The molecule has 94 valence electrons. The molecule has 1 aromatic rings. The summed E-state index contributed by atoms with van der Waals surface area (Å²) in [6.07, 6.45) is 4.80. The Morgan fingerprint density at radius 3 is 2.74 bits per heavy atom. The molecule has 6 heteroatoms. The lowest BCUT2D eigenvalue weighted by Gasteiger charge is -2.09. The summed E-state index contributed by atoms with van der Waals surface area (Å²) in [5.74, 6) is -1.12. The van der Waals surface area contributed by atoms with Crippen molar-refractivity contribution < 1.29 is 9.59 Å². The number of carbonyl (C=O) groups excluding carboxylic acids is 2. The van der Waals surface area contributed by atoms with Gasteiger partial charge in [0.25, 0.3) is 5.91 Å². The van der Waals surface area contributed by atoms with Crippen LogP contribution in [0.15, 0.2) is 39.7 Å². The Hall–Kier alpha value is -2.47. The lowest BCUT2D eigenvalue weighted by molar-refractivity contribution is -0.115. The first-order chi connectivity index (χ1) is 9.06. The van der Waals surface area contributed by atoms with Gasteiger partial charge in [0.05, 0.1) is 0 Å². The molecule has 3 rings (SSSR count). The standard InChI is InChI=1S/C13H9N3O2S/c14-13(15)16-12(18)7-3-6-5-10-8(1-2-19-10)11(6)9(17)4-7/h1-5H,(H4,14,15,16,18). The van der Waals surface area contributed by atoms with Gasteiger partial charge in [-0.3, -0.25) is 9.59 Å². The predicted octanol–water partition coefficient (Wildman–Crippen LogP) is -1.07. The first-order valence-corrected chi connectivity index (χ1v) is 6.36. The highest BCUT2D eigenvalue weighted by Gasteiger charge is 2.24. The summed E-state index contributed by atoms with van der Waals surface area (Å²) in [4.78, 5) is 27.3. The van der Waals surface area contributed by atoms with E-state index in [4.69, 9.17) is 11.5 Å². The molecule has 1 heterocycles. The maximum atomic E-state index is 12.1. The maximum absolute atomic E-state index is 12.1. The van der Waals surface area contributed by atoms with E-state index < -0.39 is 5.91 Å². The number of hydrogen-bond acceptors (Lipinski definition) is 3. The number of ketones is 1. The highest BCUT2D eigenvalue weighted by atomic mass is 32.1. The van der Waals surface area contributed by atoms with Gasteiger partial charge in [-0.05, 0) is 35.2 Å². The zero-order valence-corrected chi connectivity index (χ0v) is 10.5. The third kappa shape index (κ3) is 1.82. The zero-order valence-electron chi connectivity index (χ0n) is 9.71. The van der Waals surface area contributed by atoms with Gasteiger partial charge in [0, 0.05) is 20.9 Å². The fourth-order valence-corrected chi connectivity index (χ4v) is 2.97. The number of aliphatic imine (C=N–C) groups is 1. The second kappa shape index (κ2) is 4.03. The molecule has 0 aliphatic heterocycles. The summed E-state index contributed by atoms with van der Waals surface area (Å²) in [5, 5.41) is 2.85. The molecular weight excluding hydrogens is 262 g/mol. The van der Waals surface area contributed by atoms with Crippen molar-refractivity contribution in [3.05, 3.63) is 44.5 Å². The molecule has 0 aromatic carbocycles. The maximum Gasteiger partial charge on any atom is 0.280 e. The van der Waals surface area contributed by atoms with Crippen molar-refractivity contribution in [1.29, 1.82) is 0 Å². The molecule has 0 atom stereocenters. The van der Waals surface area contributed by atoms with E-state index >= 15 is 0 Å². The van der Waals surface area contributed by atoms with Crippen molar-refractivity contribution in [3.63, 3.8) is 0 Å². The van der Waals surface area contributed by atoms with Gasteiger partial charge in [0.15, 0.2) is 11.7 Å². The molecule has 0 fully saturated rings. The normalized spacial score (nSPS) is 16.0. The van der Waals surface area contributed by atoms with Gasteiger partial charge in [-0.25, -0.2) is 0 Å². The van der Waals surface area contributed by atoms with Crippen LogP contribution in [0.4, 0.5) is 0 Å². The molecule has 0 bridgehead atoms. The van der Waals surface area contributed by atoms with Crippen LogP contribution in [0.2, 0.25) is 0 Å². The summed E-state index contributed by atoms with van der Waals surface area (Å²) in [7, 11) is 0. The average Bonchev–Trinajstić information content (AvgIpc) is 2.86. The molecule has 1 aromatic heterocycles. The second-order valence-electron chi connectivity index (χ2n) is 4.12. The van der Waals surface area contributed by atoms with Crippen molar-refractivity contribution in [3.8, 4) is 0 Å². The lowest BCUT2D eigenvalue weighted by atomic mass is 9.94. The van der Waals surface area contributed by atoms with Crippen LogP contribution in [0.5, 0.6) is 0 Å². The number of nitrogens with zero attached hydrogens (tertiary/aromatic N) is 1. The highest BCUT2D eigenvalue weighted by Crippen LogP contribution is 2.25. The van der Waals surface area contributed by atoms with E-state index in [1.165, 1.54) is 6.08 Å². The Kier molecular flexibility index (Phi) is 2.46. The highest BCUT2D eigenvalue weighted by molar-refractivity contribution is 7.07. The Labute approximate surface area is 111 Å². The molecule has 0 saturated carbocycles. The first kappa shape index (κ1) is 11.6. The summed E-state index contributed by atoms with van der Waals surface area (Å²) in [5.41, 5.74) is 11.9. The molecule has 19 heavy (non-hydrogen) atoms. The molecule has 0 spiro atoms. The SMILES string of the molecule is NC(N)=NC(=O)C1=CC(=O)C2=c3ccsc3=CC2=C1. The number of guanidine groups is 1. The number of rotatable bonds is 1. The quantitative estimate of drug-likeness (QED) is 0.502. The van der Waals surface area contributed by atoms with Gasteiger partial charge < -0.3 is 11.5 Å². The van der Waals surface area contributed by atoms with Crippen molar-refractivity contribution in [2.75, 3.05) is 0 Å². The van der Waals surface area contributed by atoms with E-state index in [-0.39, 0.29) is 17.3 Å². The minimum absolute atomic E-state index is 0.194. The molecule has 0 unspecified atom stereocenters. The van der Waals surface area contributed by atoms with Crippen LogP contribution in [0.1, 0.15) is 0 Å². The first-order valence-electron chi connectivity index (χ1n) is 5.48. The van der Waals surface area contributed by atoms with Gasteiger partial charge in [-0.1, -0.05) is 0 Å². The number of fused-ring (bicyclic) bond motifs is 2. The Bertz CT molecular complexity index is 820. The zero-order chi connectivity index (χ0) is 13.6. The van der Waals surface area contributed by atoms with Crippen LogP contribution >= 0.6 is 11.3 Å². The van der Waals surface area contributed by atoms with Crippen molar-refractivity contribution in [2.45, 2.75) is 0 Å². The smallest absolute Gasteiger partial charge is 0.280 e. The Balaban J connectivity index is 2.11.